The van der Waals surface area contributed by atoms with Gasteiger partial charge in [0.15, 0.2) is 0 Å². The molecule has 2 aromatic carbocycles. The molecule has 1 fully saturated rings. The van der Waals surface area contributed by atoms with Gasteiger partial charge in [-0.3, -0.25) is 9.78 Å². The number of carbonyl (C=O) groups is 2. The molecule has 0 radical (unpaired) electrons. The molecule has 1 aromatic heterocycles. The predicted octanol–water partition coefficient (Wildman–Crippen LogP) is 5.56. The van der Waals surface area contributed by atoms with E-state index < -0.39 is 11.7 Å². The van der Waals surface area contributed by atoms with E-state index in [1.165, 1.54) is 7.11 Å². The number of carbonyl (C=O) groups excluding carboxylic acids is 2. The minimum Gasteiger partial charge on any atom is -0.453 e. The monoisotopic (exact) mass is 592 g/mol. The van der Waals surface area contributed by atoms with Gasteiger partial charge >= 0.3 is 6.09 Å². The maximum absolute atomic E-state index is 13.6. The van der Waals surface area contributed by atoms with Crippen LogP contribution in [0.25, 0.3) is 11.1 Å². The van der Waals surface area contributed by atoms with Crippen molar-refractivity contribution in [3.8, 4) is 11.1 Å². The van der Waals surface area contributed by atoms with Crippen LogP contribution >= 0.6 is 11.6 Å². The first-order chi connectivity index (χ1) is 20.3. The van der Waals surface area contributed by atoms with Crippen molar-refractivity contribution in [2.24, 2.45) is 5.92 Å². The number of aryl methyl sites for hydroxylation is 1. The van der Waals surface area contributed by atoms with Gasteiger partial charge in [-0.05, 0) is 68.0 Å². The Labute approximate surface area is 253 Å². The molecule has 1 saturated heterocycles. The lowest BCUT2D eigenvalue weighted by molar-refractivity contribution is -0.0565. The molecule has 8 nitrogen and oxygen atoms in total. The minimum atomic E-state index is -1.36. The Kier molecular flexibility index (Phi) is 11.0. The van der Waals surface area contributed by atoms with Crippen LogP contribution < -0.4 is 10.6 Å². The van der Waals surface area contributed by atoms with Gasteiger partial charge in [-0.2, -0.15) is 0 Å². The van der Waals surface area contributed by atoms with Crippen molar-refractivity contribution < 1.29 is 19.4 Å². The summed E-state index contributed by atoms with van der Waals surface area (Å²) in [5, 5.41) is 19.0. The first kappa shape index (κ1) is 31.5. The molecular formula is C33H41ClN4O4. The van der Waals surface area contributed by atoms with Gasteiger partial charge in [0, 0.05) is 61.2 Å². The Morgan fingerprint density at radius 1 is 1.17 bits per heavy atom. The predicted molar refractivity (Wildman–Crippen MR) is 165 cm³/mol. The summed E-state index contributed by atoms with van der Waals surface area (Å²) in [6, 6.07) is 15.8. The van der Waals surface area contributed by atoms with Crippen molar-refractivity contribution >= 4 is 23.6 Å². The van der Waals surface area contributed by atoms with Crippen LogP contribution in [0.4, 0.5) is 4.79 Å². The molecule has 0 spiro atoms. The van der Waals surface area contributed by atoms with E-state index in [9.17, 15) is 14.7 Å². The molecule has 1 aliphatic rings. The lowest BCUT2D eigenvalue weighted by atomic mass is 9.72. The van der Waals surface area contributed by atoms with E-state index in [-0.39, 0.29) is 11.8 Å². The number of ether oxygens (including phenoxy) is 1. The summed E-state index contributed by atoms with van der Waals surface area (Å²) < 4.78 is 4.71. The summed E-state index contributed by atoms with van der Waals surface area (Å²) in [7, 11) is 3.21. The van der Waals surface area contributed by atoms with Crippen LogP contribution in [0.1, 0.15) is 59.7 Å². The average Bonchev–Trinajstić information content (AvgIpc) is 3.03. The first-order valence-electron chi connectivity index (χ1n) is 14.6. The third-order valence-corrected chi connectivity index (χ3v) is 8.43. The van der Waals surface area contributed by atoms with Gasteiger partial charge in [0.25, 0.3) is 5.91 Å². The number of rotatable bonds is 11. The lowest BCUT2D eigenvalue weighted by Crippen LogP contribution is -2.48. The summed E-state index contributed by atoms with van der Waals surface area (Å²) in [6.07, 6.45) is 5.97. The Hall–Kier alpha value is -3.46. The van der Waals surface area contributed by atoms with E-state index >= 15 is 0 Å². The number of nitrogens with one attached hydrogen (secondary N) is 2. The largest absolute Gasteiger partial charge is 0.453 e. The molecule has 3 N–H and O–H groups in total. The second kappa shape index (κ2) is 14.6. The highest BCUT2D eigenvalue weighted by molar-refractivity contribution is 6.33. The molecule has 224 valence electrons. The summed E-state index contributed by atoms with van der Waals surface area (Å²) in [6.45, 7) is 4.17. The molecule has 0 aliphatic carbocycles. The van der Waals surface area contributed by atoms with Crippen molar-refractivity contribution in [1.29, 1.82) is 0 Å². The second-order valence-electron chi connectivity index (χ2n) is 10.9. The maximum Gasteiger partial charge on any atom is 0.406 e. The molecule has 0 saturated carbocycles. The number of halogens is 1. The minimum absolute atomic E-state index is 0.0505. The van der Waals surface area contributed by atoms with Crippen LogP contribution in [0.3, 0.4) is 0 Å². The summed E-state index contributed by atoms with van der Waals surface area (Å²) >= 11 is 6.80. The van der Waals surface area contributed by atoms with Crippen molar-refractivity contribution in [2.75, 3.05) is 33.8 Å². The van der Waals surface area contributed by atoms with Crippen LogP contribution in [0.5, 0.6) is 0 Å². The smallest absolute Gasteiger partial charge is 0.406 e. The number of amides is 2. The molecule has 4 rings (SSSR count). The fraction of sp³-hybridized carbons (Fsp3) is 0.424. The average molecular weight is 593 g/mol. The number of likely N-dealkylation sites (tertiary alicyclic amines) is 1. The fourth-order valence-electron chi connectivity index (χ4n) is 5.89. The molecule has 2 heterocycles. The van der Waals surface area contributed by atoms with Crippen LogP contribution in [-0.4, -0.2) is 60.8 Å². The normalized spacial score (nSPS) is 16.5. The van der Waals surface area contributed by atoms with Crippen LogP contribution in [0, 0.1) is 5.92 Å². The Morgan fingerprint density at radius 2 is 1.95 bits per heavy atom. The number of piperidine rings is 1. The van der Waals surface area contributed by atoms with Crippen molar-refractivity contribution in [3.63, 3.8) is 0 Å². The topological polar surface area (TPSA) is 104 Å². The van der Waals surface area contributed by atoms with E-state index in [0.717, 1.165) is 48.1 Å². The number of aromatic nitrogens is 1. The molecule has 2 unspecified atom stereocenters. The molecule has 9 heteroatoms. The van der Waals surface area contributed by atoms with Gasteiger partial charge in [0.1, 0.15) is 0 Å². The highest BCUT2D eigenvalue weighted by atomic mass is 35.5. The Balaban J connectivity index is 1.69. The molecule has 42 heavy (non-hydrogen) atoms. The molecule has 2 amide bonds. The Bertz CT molecular complexity index is 1370. The van der Waals surface area contributed by atoms with Gasteiger partial charge < -0.3 is 25.4 Å². The maximum atomic E-state index is 13.6. The molecule has 3 aromatic rings. The lowest BCUT2D eigenvalue weighted by Gasteiger charge is -2.43. The molecule has 1 aliphatic heterocycles. The molecule has 0 bridgehead atoms. The molecular weight excluding hydrogens is 552 g/mol. The van der Waals surface area contributed by atoms with E-state index in [1.807, 2.05) is 48.3 Å². The quantitative estimate of drug-likeness (QED) is 0.252. The highest BCUT2D eigenvalue weighted by Gasteiger charge is 2.43. The second-order valence-corrected chi connectivity index (χ2v) is 11.3. The van der Waals surface area contributed by atoms with E-state index in [2.05, 4.69) is 34.7 Å². The van der Waals surface area contributed by atoms with Crippen LogP contribution in [0.2, 0.25) is 5.02 Å². The van der Waals surface area contributed by atoms with Gasteiger partial charge in [-0.25, -0.2) is 4.79 Å². The third kappa shape index (κ3) is 7.30. The van der Waals surface area contributed by atoms with Crippen LogP contribution in [0.15, 0.2) is 60.9 Å². The van der Waals surface area contributed by atoms with Crippen molar-refractivity contribution in [2.45, 2.75) is 51.2 Å². The number of hydrogen-bond acceptors (Lipinski definition) is 6. The SMILES string of the molecule is CCc1cccc(-c2c(Cl)cncc2C(O)(CCCNC(=O)OC)C2CCCN(C(=O)c3ccc(CNC)cc3)C2)c1. The van der Waals surface area contributed by atoms with Gasteiger partial charge in [-0.15, -0.1) is 0 Å². The van der Waals surface area contributed by atoms with E-state index in [4.69, 9.17) is 16.3 Å². The standard InChI is InChI=1S/C33H41ClN4O4/c1-4-23-8-5-9-26(18-23)30-28(20-36-21-29(30)34)33(41,15-7-16-37-32(40)42-3)27-10-6-17-38(22-27)31(39)25-13-11-24(12-14-25)19-35-2/h5,8-9,11-14,18,20-21,27,35,41H,4,6-7,10,15-17,19,22H2,1-3H3,(H,37,40). The zero-order valence-corrected chi connectivity index (χ0v) is 25.4. The van der Waals surface area contributed by atoms with Crippen molar-refractivity contribution in [1.82, 2.24) is 20.5 Å². The summed E-state index contributed by atoms with van der Waals surface area (Å²) in [4.78, 5) is 31.5. The zero-order valence-electron chi connectivity index (χ0n) is 24.7. The number of pyridine rings is 1. The van der Waals surface area contributed by atoms with Crippen LogP contribution in [-0.2, 0) is 23.3 Å². The first-order valence-corrected chi connectivity index (χ1v) is 15.0. The third-order valence-electron chi connectivity index (χ3n) is 8.15. The number of nitrogens with zero attached hydrogens (tertiary/aromatic N) is 2. The van der Waals surface area contributed by atoms with E-state index in [0.29, 0.717) is 48.6 Å². The highest BCUT2D eigenvalue weighted by Crippen LogP contribution is 2.45. The van der Waals surface area contributed by atoms with Gasteiger partial charge in [-0.1, -0.05) is 54.9 Å². The number of alkyl carbamates (subject to hydrolysis) is 1. The molecule has 2 atom stereocenters. The number of methoxy groups -OCH3 is 1. The fourth-order valence-corrected chi connectivity index (χ4v) is 6.15. The van der Waals surface area contributed by atoms with Crippen molar-refractivity contribution in [3.05, 3.63) is 88.2 Å². The zero-order chi connectivity index (χ0) is 30.1. The van der Waals surface area contributed by atoms with E-state index in [1.54, 1.807) is 12.4 Å². The summed E-state index contributed by atoms with van der Waals surface area (Å²) in [5.74, 6) is -0.323. The van der Waals surface area contributed by atoms with Gasteiger partial charge in [0.05, 0.1) is 17.7 Å². The van der Waals surface area contributed by atoms with Gasteiger partial charge in [0.2, 0.25) is 0 Å². The number of hydrogen-bond donors (Lipinski definition) is 3. The summed E-state index contributed by atoms with van der Waals surface area (Å²) in [5.41, 5.74) is 3.83. The number of benzene rings is 2. The Morgan fingerprint density at radius 3 is 2.67 bits per heavy atom. The number of aliphatic hydroxyl groups is 1.